The Hall–Kier alpha value is -2.08. The summed E-state index contributed by atoms with van der Waals surface area (Å²) in [6, 6.07) is 6.02. The Morgan fingerprint density at radius 3 is 2.29 bits per heavy atom. The second-order valence-electron chi connectivity index (χ2n) is 3.27. The summed E-state index contributed by atoms with van der Waals surface area (Å²) in [6.07, 6.45) is 0. The zero-order valence-electron chi connectivity index (χ0n) is 8.73. The molecular formula is C11H9F2N3O. The second-order valence-corrected chi connectivity index (χ2v) is 3.27. The molecule has 0 aliphatic carbocycles. The van der Waals surface area contributed by atoms with Gasteiger partial charge in [0.25, 0.3) is 0 Å². The summed E-state index contributed by atoms with van der Waals surface area (Å²) >= 11 is 0. The van der Waals surface area contributed by atoms with E-state index in [9.17, 15) is 8.78 Å². The first-order valence-electron chi connectivity index (χ1n) is 4.84. The van der Waals surface area contributed by atoms with Crippen LogP contribution in [0.25, 0.3) is 0 Å². The van der Waals surface area contributed by atoms with Gasteiger partial charge in [-0.25, -0.2) is 8.78 Å². The van der Waals surface area contributed by atoms with Gasteiger partial charge in [-0.1, -0.05) is 0 Å². The van der Waals surface area contributed by atoms with E-state index in [2.05, 4.69) is 10.2 Å². The predicted octanol–water partition coefficient (Wildman–Crippen LogP) is 2.01. The van der Waals surface area contributed by atoms with Crippen molar-refractivity contribution in [3.63, 3.8) is 0 Å². The van der Waals surface area contributed by atoms with Crippen LogP contribution in [0.2, 0.25) is 0 Å². The summed E-state index contributed by atoms with van der Waals surface area (Å²) in [5.41, 5.74) is 5.95. The van der Waals surface area contributed by atoms with E-state index in [-0.39, 0.29) is 18.2 Å². The molecule has 2 rings (SSSR count). The Labute approximate surface area is 96.0 Å². The molecule has 6 heteroatoms. The van der Waals surface area contributed by atoms with Crippen molar-refractivity contribution in [2.75, 3.05) is 0 Å². The lowest BCUT2D eigenvalue weighted by Gasteiger charge is -2.04. The Balaban J connectivity index is 2.19. The van der Waals surface area contributed by atoms with Crippen LogP contribution >= 0.6 is 0 Å². The molecule has 2 aromatic rings. The summed E-state index contributed by atoms with van der Waals surface area (Å²) in [4.78, 5) is 0. The van der Waals surface area contributed by atoms with Crippen LogP contribution in [0.5, 0.6) is 11.6 Å². The predicted molar refractivity (Wildman–Crippen MR) is 56.4 cm³/mol. The van der Waals surface area contributed by atoms with E-state index < -0.39 is 11.6 Å². The molecular weight excluding hydrogens is 228 g/mol. The third-order valence-electron chi connectivity index (χ3n) is 1.96. The van der Waals surface area contributed by atoms with Crippen LogP contribution < -0.4 is 10.5 Å². The molecule has 0 saturated heterocycles. The number of nitrogens with zero attached hydrogens (tertiary/aromatic N) is 2. The zero-order valence-corrected chi connectivity index (χ0v) is 8.73. The first-order valence-corrected chi connectivity index (χ1v) is 4.84. The Morgan fingerprint density at radius 1 is 1.06 bits per heavy atom. The number of aromatic nitrogens is 2. The van der Waals surface area contributed by atoms with Crippen LogP contribution in [0.3, 0.4) is 0 Å². The molecule has 1 aromatic carbocycles. The van der Waals surface area contributed by atoms with Crippen molar-refractivity contribution < 1.29 is 13.5 Å². The van der Waals surface area contributed by atoms with Crippen molar-refractivity contribution in [3.8, 4) is 11.6 Å². The summed E-state index contributed by atoms with van der Waals surface area (Å²) in [7, 11) is 0. The quantitative estimate of drug-likeness (QED) is 0.886. The molecule has 88 valence electrons. The van der Waals surface area contributed by atoms with E-state index in [0.717, 1.165) is 18.2 Å². The number of hydrogen-bond acceptors (Lipinski definition) is 4. The fourth-order valence-electron chi connectivity index (χ4n) is 1.22. The van der Waals surface area contributed by atoms with Gasteiger partial charge in [-0.05, 0) is 6.07 Å². The van der Waals surface area contributed by atoms with Gasteiger partial charge in [0.15, 0.2) is 0 Å². The van der Waals surface area contributed by atoms with Gasteiger partial charge >= 0.3 is 0 Å². The van der Waals surface area contributed by atoms with Gasteiger partial charge in [-0.2, -0.15) is 5.10 Å². The second kappa shape index (κ2) is 4.84. The first kappa shape index (κ1) is 11.4. The number of benzene rings is 1. The highest BCUT2D eigenvalue weighted by Gasteiger charge is 2.04. The third-order valence-corrected chi connectivity index (χ3v) is 1.96. The SMILES string of the molecule is NCc1ccc(Oc2cc(F)cc(F)c2)nn1. The molecule has 0 radical (unpaired) electrons. The van der Waals surface area contributed by atoms with Crippen LogP contribution in [0.1, 0.15) is 5.69 Å². The molecule has 0 bridgehead atoms. The molecule has 0 aliphatic heterocycles. The Morgan fingerprint density at radius 2 is 1.76 bits per heavy atom. The molecule has 0 aliphatic rings. The van der Waals surface area contributed by atoms with Gasteiger partial charge in [-0.15, -0.1) is 5.10 Å². The lowest BCUT2D eigenvalue weighted by molar-refractivity contribution is 0.443. The van der Waals surface area contributed by atoms with E-state index in [1.807, 2.05) is 0 Å². The Kier molecular flexibility index (Phi) is 3.24. The lowest BCUT2D eigenvalue weighted by atomic mass is 10.3. The van der Waals surface area contributed by atoms with Crippen LogP contribution in [0, 0.1) is 11.6 Å². The van der Waals surface area contributed by atoms with Gasteiger partial charge < -0.3 is 10.5 Å². The first-order chi connectivity index (χ1) is 8.17. The molecule has 2 N–H and O–H groups in total. The number of rotatable bonds is 3. The van der Waals surface area contributed by atoms with Gasteiger partial charge in [-0.3, -0.25) is 0 Å². The number of halogens is 2. The van der Waals surface area contributed by atoms with Crippen molar-refractivity contribution in [1.82, 2.24) is 10.2 Å². The van der Waals surface area contributed by atoms with Gasteiger partial charge in [0, 0.05) is 30.8 Å². The van der Waals surface area contributed by atoms with E-state index in [1.54, 1.807) is 6.07 Å². The molecule has 0 fully saturated rings. The van der Waals surface area contributed by atoms with Crippen molar-refractivity contribution in [3.05, 3.63) is 47.7 Å². The van der Waals surface area contributed by atoms with Crippen molar-refractivity contribution in [1.29, 1.82) is 0 Å². The summed E-state index contributed by atoms with van der Waals surface area (Å²) < 4.78 is 30.9. The summed E-state index contributed by atoms with van der Waals surface area (Å²) in [5.74, 6) is -1.26. The number of ether oxygens (including phenoxy) is 1. The van der Waals surface area contributed by atoms with E-state index in [1.165, 1.54) is 6.07 Å². The van der Waals surface area contributed by atoms with E-state index in [0.29, 0.717) is 5.69 Å². The molecule has 4 nitrogen and oxygen atoms in total. The lowest BCUT2D eigenvalue weighted by Crippen LogP contribution is -2.01. The average molecular weight is 237 g/mol. The monoisotopic (exact) mass is 237 g/mol. The highest BCUT2D eigenvalue weighted by molar-refractivity contribution is 5.28. The van der Waals surface area contributed by atoms with Crippen LogP contribution in [-0.4, -0.2) is 10.2 Å². The maximum Gasteiger partial charge on any atom is 0.238 e. The fraction of sp³-hybridized carbons (Fsp3) is 0.0909. The largest absolute Gasteiger partial charge is 0.437 e. The molecule has 0 amide bonds. The maximum atomic E-state index is 12.9. The van der Waals surface area contributed by atoms with Crippen LogP contribution in [-0.2, 0) is 6.54 Å². The van der Waals surface area contributed by atoms with E-state index in [4.69, 9.17) is 10.5 Å². The van der Waals surface area contributed by atoms with Crippen LogP contribution in [0.15, 0.2) is 30.3 Å². The molecule has 0 atom stereocenters. The highest BCUT2D eigenvalue weighted by atomic mass is 19.1. The highest BCUT2D eigenvalue weighted by Crippen LogP contribution is 2.21. The molecule has 0 saturated carbocycles. The average Bonchev–Trinajstić information content (AvgIpc) is 2.28. The van der Waals surface area contributed by atoms with Crippen molar-refractivity contribution in [2.45, 2.75) is 6.54 Å². The summed E-state index contributed by atoms with van der Waals surface area (Å²) in [5, 5.41) is 7.46. The minimum atomic E-state index is -0.716. The smallest absolute Gasteiger partial charge is 0.238 e. The van der Waals surface area contributed by atoms with Gasteiger partial charge in [0.2, 0.25) is 5.88 Å². The van der Waals surface area contributed by atoms with Gasteiger partial charge in [0.1, 0.15) is 17.4 Å². The van der Waals surface area contributed by atoms with E-state index >= 15 is 0 Å². The van der Waals surface area contributed by atoms with Crippen molar-refractivity contribution in [2.24, 2.45) is 5.73 Å². The topological polar surface area (TPSA) is 61.0 Å². The zero-order chi connectivity index (χ0) is 12.3. The third kappa shape index (κ3) is 2.94. The number of hydrogen-bond donors (Lipinski definition) is 1. The molecule has 17 heavy (non-hydrogen) atoms. The minimum Gasteiger partial charge on any atom is -0.437 e. The summed E-state index contributed by atoms with van der Waals surface area (Å²) in [6.45, 7) is 0.266. The molecule has 0 unspecified atom stereocenters. The maximum absolute atomic E-state index is 12.9. The molecule has 1 aromatic heterocycles. The Bertz CT molecular complexity index is 496. The van der Waals surface area contributed by atoms with Crippen molar-refractivity contribution >= 4 is 0 Å². The molecule has 1 heterocycles. The fourth-order valence-corrected chi connectivity index (χ4v) is 1.22. The standard InChI is InChI=1S/C11H9F2N3O/c12-7-3-8(13)5-10(4-7)17-11-2-1-9(6-14)15-16-11/h1-5H,6,14H2. The van der Waals surface area contributed by atoms with Crippen LogP contribution in [0.4, 0.5) is 8.78 Å². The normalized spacial score (nSPS) is 10.3. The number of nitrogens with two attached hydrogens (primary N) is 1. The molecule has 0 spiro atoms. The van der Waals surface area contributed by atoms with Gasteiger partial charge in [0.05, 0.1) is 5.69 Å². The minimum absolute atomic E-state index is 0.0253.